The van der Waals surface area contributed by atoms with Gasteiger partial charge >= 0.3 is 0 Å². The molecule has 1 aliphatic carbocycles. The number of nitrogens with zero attached hydrogens (tertiary/aromatic N) is 1. The van der Waals surface area contributed by atoms with Gasteiger partial charge in [0.1, 0.15) is 5.75 Å². The van der Waals surface area contributed by atoms with Crippen molar-refractivity contribution in [3.05, 3.63) is 45.5 Å². The summed E-state index contributed by atoms with van der Waals surface area (Å²) in [4.78, 5) is 26.3. The fraction of sp³-hybridized carbons (Fsp3) is 0.556. The molecule has 0 radical (unpaired) electrons. The Balaban J connectivity index is 1.84. The molecule has 4 atom stereocenters. The Morgan fingerprint density at radius 2 is 1.79 bits per heavy atom. The predicted molar refractivity (Wildman–Crippen MR) is 130 cm³/mol. The van der Waals surface area contributed by atoms with Gasteiger partial charge in [-0.05, 0) is 79.5 Å². The summed E-state index contributed by atoms with van der Waals surface area (Å²) in [6, 6.07) is 3.87. The zero-order chi connectivity index (χ0) is 25.2. The summed E-state index contributed by atoms with van der Waals surface area (Å²) in [6.45, 7) is 5.13. The van der Waals surface area contributed by atoms with Crippen LogP contribution in [0.4, 0.5) is 0 Å². The number of amides is 2. The molecule has 1 saturated heterocycles. The van der Waals surface area contributed by atoms with E-state index in [1.54, 1.807) is 0 Å². The molecule has 1 aliphatic heterocycles. The molecule has 2 aliphatic rings. The van der Waals surface area contributed by atoms with Crippen LogP contribution in [0.2, 0.25) is 0 Å². The van der Waals surface area contributed by atoms with E-state index in [0.29, 0.717) is 29.7 Å². The summed E-state index contributed by atoms with van der Waals surface area (Å²) in [7, 11) is 1.45. The van der Waals surface area contributed by atoms with Crippen molar-refractivity contribution in [3.8, 4) is 5.75 Å². The topological polar surface area (TPSA) is 118 Å². The predicted octanol–water partition coefficient (Wildman–Crippen LogP) is 2.87. The molecule has 1 aromatic carbocycles. The van der Waals surface area contributed by atoms with Crippen LogP contribution in [0, 0.1) is 31.6 Å². The van der Waals surface area contributed by atoms with E-state index in [0.717, 1.165) is 40.0 Å². The average Bonchev–Trinajstić information content (AvgIpc) is 3.03. The standard InChI is InChI=1S/C27H37NO6/c1-5-6-17(11-18-9-15(2)25(32)16(3)10-18)7-8-22(31)23-19(13-29)12-20-24(21(23)14-30)27(34)28(4)26(20)33/h9-11,20-22,24,29-32H,5-8,12-14H2,1-4H3/b17-11+/t20-,21+,22-,24-/m1/s1. The minimum atomic E-state index is -0.933. The maximum Gasteiger partial charge on any atom is 0.233 e. The summed E-state index contributed by atoms with van der Waals surface area (Å²) in [5, 5.41) is 41.4. The van der Waals surface area contributed by atoms with Crippen LogP contribution in [0.1, 0.15) is 55.7 Å². The van der Waals surface area contributed by atoms with Crippen molar-refractivity contribution in [1.29, 1.82) is 0 Å². The molecule has 186 valence electrons. The number of hydrogen-bond acceptors (Lipinski definition) is 6. The van der Waals surface area contributed by atoms with Gasteiger partial charge in [-0.2, -0.15) is 0 Å². The van der Waals surface area contributed by atoms with Crippen molar-refractivity contribution in [2.75, 3.05) is 20.3 Å². The molecule has 0 unspecified atom stereocenters. The van der Waals surface area contributed by atoms with Crippen LogP contribution in [-0.4, -0.2) is 63.5 Å². The van der Waals surface area contributed by atoms with Crippen LogP contribution < -0.4 is 0 Å². The van der Waals surface area contributed by atoms with Gasteiger partial charge in [0, 0.05) is 13.0 Å². The molecule has 0 saturated carbocycles. The summed E-state index contributed by atoms with van der Waals surface area (Å²) < 4.78 is 0. The number of aromatic hydroxyl groups is 1. The van der Waals surface area contributed by atoms with Crippen molar-refractivity contribution in [2.45, 2.75) is 59.0 Å². The van der Waals surface area contributed by atoms with E-state index in [-0.39, 0.29) is 31.4 Å². The van der Waals surface area contributed by atoms with Crippen LogP contribution in [0.5, 0.6) is 5.75 Å². The number of allylic oxidation sites excluding steroid dienone is 1. The highest BCUT2D eigenvalue weighted by Crippen LogP contribution is 2.45. The molecule has 2 amide bonds. The van der Waals surface area contributed by atoms with Crippen molar-refractivity contribution in [3.63, 3.8) is 0 Å². The molecule has 3 rings (SSSR count). The number of imide groups is 1. The van der Waals surface area contributed by atoms with Gasteiger partial charge in [0.25, 0.3) is 0 Å². The number of fused-ring (bicyclic) bond motifs is 1. The number of phenols is 1. The van der Waals surface area contributed by atoms with Gasteiger partial charge in [-0.25, -0.2) is 0 Å². The normalized spacial score (nSPS) is 24.1. The number of aliphatic hydroxyl groups excluding tert-OH is 3. The fourth-order valence-electron chi connectivity index (χ4n) is 5.64. The molecular formula is C27H37NO6. The molecule has 34 heavy (non-hydrogen) atoms. The number of aliphatic hydroxyl groups is 3. The van der Waals surface area contributed by atoms with Gasteiger partial charge in [0.2, 0.25) is 11.8 Å². The highest BCUT2D eigenvalue weighted by atomic mass is 16.3. The minimum absolute atomic E-state index is 0.225. The number of rotatable bonds is 9. The number of phenolic OH excluding ortho intramolecular Hbond substituents is 1. The van der Waals surface area contributed by atoms with E-state index in [9.17, 15) is 30.0 Å². The number of carbonyl (C=O) groups is 2. The lowest BCUT2D eigenvalue weighted by Gasteiger charge is -2.36. The monoisotopic (exact) mass is 471 g/mol. The van der Waals surface area contributed by atoms with Gasteiger partial charge in [0.05, 0.1) is 31.2 Å². The zero-order valence-electron chi connectivity index (χ0n) is 20.5. The van der Waals surface area contributed by atoms with Crippen LogP contribution in [-0.2, 0) is 9.59 Å². The molecule has 0 aromatic heterocycles. The average molecular weight is 472 g/mol. The van der Waals surface area contributed by atoms with E-state index in [1.165, 1.54) is 7.05 Å². The number of carbonyl (C=O) groups excluding carboxylic acids is 2. The maximum atomic E-state index is 12.7. The third-order valence-corrected chi connectivity index (χ3v) is 7.35. The summed E-state index contributed by atoms with van der Waals surface area (Å²) in [6.07, 6.45) is 4.16. The van der Waals surface area contributed by atoms with Crippen molar-refractivity contribution >= 4 is 17.9 Å². The Kier molecular flexibility index (Phi) is 8.34. The lowest BCUT2D eigenvalue weighted by atomic mass is 9.68. The van der Waals surface area contributed by atoms with Gasteiger partial charge in [0.15, 0.2) is 0 Å². The number of hydrogen-bond donors (Lipinski definition) is 4. The second kappa shape index (κ2) is 10.8. The summed E-state index contributed by atoms with van der Waals surface area (Å²) >= 11 is 0. The molecule has 1 fully saturated rings. The largest absolute Gasteiger partial charge is 0.507 e. The minimum Gasteiger partial charge on any atom is -0.507 e. The summed E-state index contributed by atoms with van der Waals surface area (Å²) in [5.74, 6) is -2.30. The highest BCUT2D eigenvalue weighted by molar-refractivity contribution is 6.05. The lowest BCUT2D eigenvalue weighted by molar-refractivity contribution is -0.138. The van der Waals surface area contributed by atoms with Crippen molar-refractivity contribution < 1.29 is 30.0 Å². The molecule has 7 nitrogen and oxygen atoms in total. The Labute approximate surface area is 201 Å². The Morgan fingerprint density at radius 3 is 2.35 bits per heavy atom. The first-order chi connectivity index (χ1) is 16.1. The quantitative estimate of drug-likeness (QED) is 0.325. The van der Waals surface area contributed by atoms with E-state index < -0.39 is 23.9 Å². The third kappa shape index (κ3) is 4.97. The van der Waals surface area contributed by atoms with Gasteiger partial charge in [-0.3, -0.25) is 14.5 Å². The Bertz CT molecular complexity index is 987. The second-order valence-corrected chi connectivity index (χ2v) is 9.69. The molecule has 4 N–H and O–H groups in total. The SMILES string of the molecule is CCC/C(=C\c1cc(C)c(O)c(C)c1)CC[C@@H](O)C1=C(CO)C[C@H]2C(=O)N(C)C(=O)[C@H]2[C@H]1CO. The molecule has 7 heteroatoms. The highest BCUT2D eigenvalue weighted by Gasteiger charge is 2.53. The smallest absolute Gasteiger partial charge is 0.233 e. The fourth-order valence-corrected chi connectivity index (χ4v) is 5.64. The number of benzene rings is 1. The molecule has 1 aromatic rings. The van der Waals surface area contributed by atoms with Crippen molar-refractivity contribution in [1.82, 2.24) is 4.90 Å². The molecule has 1 heterocycles. The van der Waals surface area contributed by atoms with E-state index in [4.69, 9.17) is 0 Å². The van der Waals surface area contributed by atoms with E-state index in [1.807, 2.05) is 26.0 Å². The van der Waals surface area contributed by atoms with Crippen molar-refractivity contribution in [2.24, 2.45) is 17.8 Å². The maximum absolute atomic E-state index is 12.7. The first-order valence-corrected chi connectivity index (χ1v) is 12.1. The summed E-state index contributed by atoms with van der Waals surface area (Å²) in [5.41, 5.74) is 4.82. The van der Waals surface area contributed by atoms with Crippen LogP contribution >= 0.6 is 0 Å². The Morgan fingerprint density at radius 1 is 1.15 bits per heavy atom. The number of aryl methyl sites for hydroxylation is 2. The lowest BCUT2D eigenvalue weighted by Crippen LogP contribution is -2.39. The van der Waals surface area contributed by atoms with Crippen LogP contribution in [0.25, 0.3) is 6.08 Å². The van der Waals surface area contributed by atoms with Crippen LogP contribution in [0.3, 0.4) is 0 Å². The van der Waals surface area contributed by atoms with Gasteiger partial charge in [-0.15, -0.1) is 0 Å². The van der Waals surface area contributed by atoms with Crippen LogP contribution in [0.15, 0.2) is 28.9 Å². The second-order valence-electron chi connectivity index (χ2n) is 9.69. The zero-order valence-corrected chi connectivity index (χ0v) is 20.5. The van der Waals surface area contributed by atoms with Gasteiger partial charge in [-0.1, -0.05) is 25.0 Å². The number of likely N-dealkylation sites (tertiary alicyclic amines) is 1. The van der Waals surface area contributed by atoms with E-state index in [2.05, 4.69) is 13.0 Å². The first kappa shape index (κ1) is 26.1. The molecule has 0 bridgehead atoms. The van der Waals surface area contributed by atoms with Gasteiger partial charge < -0.3 is 20.4 Å². The Hall–Kier alpha value is -2.48. The third-order valence-electron chi connectivity index (χ3n) is 7.35. The molecule has 0 spiro atoms. The molecular weight excluding hydrogens is 434 g/mol. The first-order valence-electron chi connectivity index (χ1n) is 12.1. The van der Waals surface area contributed by atoms with E-state index >= 15 is 0 Å².